The standard InChI is InChI=1S/C25H25N3O4S/c1-2-16-12-21(15-28-13-18(14-28)25(30)31)33-22(16)23(26)27-24(29)17-8-10-20(11-9-17)32-19-6-4-3-5-7-19/h3-12,18H,2,13-15H2,1H3,(H,30,31)(H2,26,27,29). The predicted octanol–water partition coefficient (Wildman–Crippen LogP) is 4.16. The van der Waals surface area contributed by atoms with Gasteiger partial charge in [-0.3, -0.25) is 14.5 Å². The van der Waals surface area contributed by atoms with E-state index in [1.54, 1.807) is 24.3 Å². The molecule has 8 heteroatoms. The minimum absolute atomic E-state index is 0.199. The van der Waals surface area contributed by atoms with Gasteiger partial charge in [0.05, 0.1) is 10.8 Å². The van der Waals surface area contributed by atoms with Crippen molar-refractivity contribution >= 4 is 29.0 Å². The number of rotatable bonds is 8. The molecule has 4 rings (SSSR count). The first kappa shape index (κ1) is 22.7. The van der Waals surface area contributed by atoms with E-state index in [9.17, 15) is 9.59 Å². The summed E-state index contributed by atoms with van der Waals surface area (Å²) in [6, 6.07) is 18.3. The summed E-state index contributed by atoms with van der Waals surface area (Å²) in [4.78, 5) is 31.8. The van der Waals surface area contributed by atoms with E-state index in [-0.39, 0.29) is 11.8 Å². The van der Waals surface area contributed by atoms with Crippen molar-refractivity contribution in [1.29, 1.82) is 0 Å². The van der Waals surface area contributed by atoms with Crippen LogP contribution in [0, 0.1) is 5.92 Å². The third kappa shape index (κ3) is 5.47. The number of amides is 1. The largest absolute Gasteiger partial charge is 0.481 e. The monoisotopic (exact) mass is 463 g/mol. The van der Waals surface area contributed by atoms with Crippen LogP contribution in [0.4, 0.5) is 0 Å². The number of benzene rings is 2. The third-order valence-electron chi connectivity index (χ3n) is 5.46. The smallest absolute Gasteiger partial charge is 0.309 e. The number of likely N-dealkylation sites (tertiary alicyclic amines) is 1. The zero-order chi connectivity index (χ0) is 23.4. The summed E-state index contributed by atoms with van der Waals surface area (Å²) in [7, 11) is 0. The highest BCUT2D eigenvalue weighted by Gasteiger charge is 2.32. The van der Waals surface area contributed by atoms with Crippen LogP contribution in [0.15, 0.2) is 65.7 Å². The van der Waals surface area contributed by atoms with E-state index in [2.05, 4.69) is 16.0 Å². The quantitative estimate of drug-likeness (QED) is 0.384. The third-order valence-corrected chi connectivity index (χ3v) is 6.65. The molecule has 0 saturated carbocycles. The van der Waals surface area contributed by atoms with Gasteiger partial charge in [-0.1, -0.05) is 25.1 Å². The van der Waals surface area contributed by atoms with Crippen molar-refractivity contribution in [3.05, 3.63) is 81.5 Å². The van der Waals surface area contributed by atoms with Gasteiger partial charge in [0, 0.05) is 30.1 Å². The van der Waals surface area contributed by atoms with Crippen LogP contribution in [0.25, 0.3) is 0 Å². The number of ether oxygens (including phenoxy) is 1. The number of carboxylic acids is 1. The van der Waals surface area contributed by atoms with Crippen molar-refractivity contribution in [2.75, 3.05) is 13.1 Å². The summed E-state index contributed by atoms with van der Waals surface area (Å²) in [6.45, 7) is 3.80. The second-order valence-electron chi connectivity index (χ2n) is 7.89. The lowest BCUT2D eigenvalue weighted by Crippen LogP contribution is -2.49. The Morgan fingerprint density at radius 1 is 1.12 bits per heavy atom. The fraction of sp³-hybridized carbons (Fsp3) is 0.240. The number of thiophene rings is 1. The Morgan fingerprint density at radius 2 is 1.79 bits per heavy atom. The van der Waals surface area contributed by atoms with Gasteiger partial charge in [0.25, 0.3) is 5.91 Å². The number of hydrogen-bond acceptors (Lipinski definition) is 5. The topological polar surface area (TPSA) is 105 Å². The average molecular weight is 464 g/mol. The van der Waals surface area contributed by atoms with Crippen LogP contribution in [0.3, 0.4) is 0 Å². The van der Waals surface area contributed by atoms with E-state index >= 15 is 0 Å². The molecule has 0 bridgehead atoms. The highest BCUT2D eigenvalue weighted by molar-refractivity contribution is 7.14. The Balaban J connectivity index is 1.42. The number of aryl methyl sites for hydroxylation is 1. The lowest BCUT2D eigenvalue weighted by atomic mass is 10.0. The highest BCUT2D eigenvalue weighted by atomic mass is 32.1. The van der Waals surface area contributed by atoms with Crippen LogP contribution in [-0.2, 0) is 17.8 Å². The van der Waals surface area contributed by atoms with Gasteiger partial charge < -0.3 is 15.6 Å². The molecule has 0 radical (unpaired) electrons. The molecule has 1 fully saturated rings. The van der Waals surface area contributed by atoms with Crippen molar-refractivity contribution in [2.45, 2.75) is 19.9 Å². The maximum absolute atomic E-state index is 12.7. The Bertz CT molecular complexity index is 1170. The molecule has 0 atom stereocenters. The first-order valence-corrected chi connectivity index (χ1v) is 11.5. The number of hydrogen-bond donors (Lipinski definition) is 2. The number of carbonyl (C=O) groups is 2. The number of nitrogens with zero attached hydrogens (tertiary/aromatic N) is 2. The van der Waals surface area contributed by atoms with Crippen LogP contribution in [0.1, 0.15) is 32.6 Å². The minimum atomic E-state index is -0.748. The van der Waals surface area contributed by atoms with Gasteiger partial charge in [-0.25, -0.2) is 0 Å². The summed E-state index contributed by atoms with van der Waals surface area (Å²) in [5.41, 5.74) is 7.68. The zero-order valence-electron chi connectivity index (χ0n) is 18.2. The number of carbonyl (C=O) groups excluding carboxylic acids is 1. The lowest BCUT2D eigenvalue weighted by molar-refractivity contribution is -0.147. The van der Waals surface area contributed by atoms with Gasteiger partial charge in [0.2, 0.25) is 0 Å². The zero-order valence-corrected chi connectivity index (χ0v) is 19.0. The highest BCUT2D eigenvalue weighted by Crippen LogP contribution is 2.27. The molecule has 0 aliphatic carbocycles. The Kier molecular flexibility index (Phi) is 6.86. The molecule has 1 aliphatic heterocycles. The number of aliphatic imine (C=N–C) groups is 1. The van der Waals surface area contributed by atoms with E-state index in [4.69, 9.17) is 15.6 Å². The first-order chi connectivity index (χ1) is 15.9. The molecule has 3 aromatic rings. The summed E-state index contributed by atoms with van der Waals surface area (Å²) in [5, 5.41) is 9.04. The van der Waals surface area contributed by atoms with Crippen molar-refractivity contribution < 1.29 is 19.4 Å². The van der Waals surface area contributed by atoms with E-state index in [1.165, 1.54) is 11.3 Å². The molecular weight excluding hydrogens is 438 g/mol. The molecule has 2 heterocycles. The molecule has 1 saturated heterocycles. The summed E-state index contributed by atoms with van der Waals surface area (Å²) in [5.74, 6) is 0.0939. The summed E-state index contributed by atoms with van der Waals surface area (Å²) >= 11 is 1.50. The van der Waals surface area contributed by atoms with E-state index in [0.29, 0.717) is 30.9 Å². The van der Waals surface area contributed by atoms with Crippen molar-refractivity contribution in [3.8, 4) is 11.5 Å². The van der Waals surface area contributed by atoms with Crippen LogP contribution < -0.4 is 10.5 Å². The van der Waals surface area contributed by atoms with Crippen molar-refractivity contribution in [2.24, 2.45) is 16.6 Å². The Labute approximate surface area is 196 Å². The molecule has 1 aromatic heterocycles. The van der Waals surface area contributed by atoms with Gasteiger partial charge in [0.1, 0.15) is 17.3 Å². The summed E-state index contributed by atoms with van der Waals surface area (Å²) in [6.07, 6.45) is 0.763. The number of amidine groups is 1. The Morgan fingerprint density at radius 3 is 2.42 bits per heavy atom. The van der Waals surface area contributed by atoms with Gasteiger partial charge in [-0.2, -0.15) is 4.99 Å². The van der Waals surface area contributed by atoms with Gasteiger partial charge in [0.15, 0.2) is 0 Å². The van der Waals surface area contributed by atoms with Crippen LogP contribution in [-0.4, -0.2) is 40.8 Å². The molecule has 170 valence electrons. The van der Waals surface area contributed by atoms with Crippen molar-refractivity contribution in [3.63, 3.8) is 0 Å². The maximum atomic E-state index is 12.7. The summed E-state index contributed by atoms with van der Waals surface area (Å²) < 4.78 is 5.76. The molecule has 1 aliphatic rings. The molecule has 0 spiro atoms. The number of aliphatic carboxylic acids is 1. The average Bonchev–Trinajstić information content (AvgIpc) is 3.20. The van der Waals surface area contributed by atoms with E-state index in [0.717, 1.165) is 27.5 Å². The van der Waals surface area contributed by atoms with E-state index in [1.807, 2.05) is 37.3 Å². The predicted molar refractivity (Wildman–Crippen MR) is 128 cm³/mol. The van der Waals surface area contributed by atoms with Gasteiger partial charge >= 0.3 is 5.97 Å². The maximum Gasteiger partial charge on any atom is 0.309 e. The fourth-order valence-corrected chi connectivity index (χ4v) is 4.83. The molecule has 2 aromatic carbocycles. The van der Waals surface area contributed by atoms with Gasteiger partial charge in [-0.15, -0.1) is 11.3 Å². The molecule has 33 heavy (non-hydrogen) atoms. The lowest BCUT2D eigenvalue weighted by Gasteiger charge is -2.36. The van der Waals surface area contributed by atoms with Crippen LogP contribution in [0.5, 0.6) is 11.5 Å². The molecule has 1 amide bonds. The number of carboxylic acid groups (broad SMARTS) is 1. The van der Waals surface area contributed by atoms with E-state index < -0.39 is 11.9 Å². The molecular formula is C25H25N3O4S. The van der Waals surface area contributed by atoms with Crippen molar-refractivity contribution in [1.82, 2.24) is 4.90 Å². The van der Waals surface area contributed by atoms with Crippen LogP contribution in [0.2, 0.25) is 0 Å². The SMILES string of the molecule is CCc1cc(CN2CC(C(=O)O)C2)sc1C(N)=NC(=O)c1ccc(Oc2ccccc2)cc1. The number of para-hydroxylation sites is 1. The second kappa shape index (κ2) is 9.97. The fourth-order valence-electron chi connectivity index (χ4n) is 3.63. The van der Waals surface area contributed by atoms with Gasteiger partial charge in [-0.05, 0) is 54.4 Å². The Hall–Kier alpha value is -3.49. The molecule has 7 nitrogen and oxygen atoms in total. The number of nitrogens with two attached hydrogens (primary N) is 1. The van der Waals surface area contributed by atoms with Crippen LogP contribution >= 0.6 is 11.3 Å². The first-order valence-electron chi connectivity index (χ1n) is 10.7. The molecule has 3 N–H and O–H groups in total. The normalized spacial score (nSPS) is 14.6. The minimum Gasteiger partial charge on any atom is -0.481 e. The second-order valence-corrected chi connectivity index (χ2v) is 9.03. The molecule has 0 unspecified atom stereocenters.